The number of carbonyl (C=O) groups excluding carboxylic acids is 3. The molecule has 3 fully saturated rings. The Labute approximate surface area is 209 Å². The number of alkyl halides is 1. The quantitative estimate of drug-likeness (QED) is 0.171. The number of esters is 1. The summed E-state index contributed by atoms with van der Waals surface area (Å²) in [6, 6.07) is 0. The van der Waals surface area contributed by atoms with Gasteiger partial charge in [0, 0.05) is 30.1 Å². The summed E-state index contributed by atoms with van der Waals surface area (Å²) in [6.07, 6.45) is 12.3. The number of hydrogen-bond donors (Lipinski definition) is 0. The van der Waals surface area contributed by atoms with Gasteiger partial charge in [-0.3, -0.25) is 14.4 Å². The number of hydrogen-bond acceptors (Lipinski definition) is 4. The Balaban J connectivity index is 1.70. The first-order valence-electron chi connectivity index (χ1n) is 13.4. The molecule has 0 radical (unpaired) electrons. The third-order valence-corrected chi connectivity index (χ3v) is 10.6. The Morgan fingerprint density at radius 2 is 1.91 bits per heavy atom. The van der Waals surface area contributed by atoms with Crippen molar-refractivity contribution < 1.29 is 19.1 Å². The van der Waals surface area contributed by atoms with E-state index in [1.54, 1.807) is 13.2 Å². The van der Waals surface area contributed by atoms with E-state index in [9.17, 15) is 14.4 Å². The number of halogens is 1. The van der Waals surface area contributed by atoms with Crippen LogP contribution in [0.15, 0.2) is 23.5 Å². The van der Waals surface area contributed by atoms with Crippen molar-refractivity contribution in [3.63, 3.8) is 0 Å². The molecule has 0 aromatic carbocycles. The molecular weight excluding hydrogens is 448 g/mol. The van der Waals surface area contributed by atoms with Crippen LogP contribution in [0.1, 0.15) is 91.9 Å². The first-order valence-corrected chi connectivity index (χ1v) is 13.9. The van der Waals surface area contributed by atoms with Gasteiger partial charge in [0.1, 0.15) is 5.78 Å². The third-order valence-electron chi connectivity index (χ3n) is 10.2. The molecule has 34 heavy (non-hydrogen) atoms. The number of unbranched alkanes of at least 4 members (excludes halogenated alkanes) is 2. The first kappa shape index (κ1) is 25.7. The molecule has 0 heterocycles. The van der Waals surface area contributed by atoms with Gasteiger partial charge in [-0.15, -0.1) is 11.6 Å². The molecule has 0 spiro atoms. The van der Waals surface area contributed by atoms with Gasteiger partial charge in [-0.25, -0.2) is 0 Å². The molecule has 1 unspecified atom stereocenters. The maximum Gasteiger partial charge on any atom is 0.310 e. The Kier molecular flexibility index (Phi) is 7.48. The molecule has 5 heteroatoms. The van der Waals surface area contributed by atoms with E-state index < -0.39 is 0 Å². The van der Waals surface area contributed by atoms with Crippen LogP contribution in [0.4, 0.5) is 0 Å². The second-order valence-corrected chi connectivity index (χ2v) is 12.1. The van der Waals surface area contributed by atoms with Crippen LogP contribution in [0, 0.1) is 40.4 Å². The summed E-state index contributed by atoms with van der Waals surface area (Å²) in [5.41, 5.74) is 1.86. The van der Waals surface area contributed by atoms with Gasteiger partial charge >= 0.3 is 5.97 Å². The summed E-state index contributed by atoms with van der Waals surface area (Å²) in [6.45, 7) is 8.50. The van der Waals surface area contributed by atoms with E-state index in [1.807, 2.05) is 6.08 Å². The van der Waals surface area contributed by atoms with Gasteiger partial charge in [-0.2, -0.15) is 0 Å². The van der Waals surface area contributed by atoms with E-state index in [2.05, 4.69) is 20.8 Å². The van der Waals surface area contributed by atoms with Gasteiger partial charge in [-0.05, 0) is 91.8 Å². The van der Waals surface area contributed by atoms with Gasteiger partial charge in [0.15, 0.2) is 5.78 Å². The van der Waals surface area contributed by atoms with Gasteiger partial charge in [0.05, 0.1) is 6.26 Å². The molecule has 0 saturated heterocycles. The van der Waals surface area contributed by atoms with Gasteiger partial charge in [0.2, 0.25) is 0 Å². The fourth-order valence-corrected chi connectivity index (χ4v) is 8.81. The van der Waals surface area contributed by atoms with E-state index in [4.69, 9.17) is 16.3 Å². The number of allylic oxidation sites excluding steroid dienone is 2. The van der Waals surface area contributed by atoms with E-state index in [-0.39, 0.29) is 34.4 Å². The molecule has 0 N–H and O–H groups in total. The Morgan fingerprint density at radius 3 is 2.59 bits per heavy atom. The minimum Gasteiger partial charge on any atom is -0.434 e. The van der Waals surface area contributed by atoms with Gasteiger partial charge < -0.3 is 4.74 Å². The summed E-state index contributed by atoms with van der Waals surface area (Å²) >= 11 is 6.51. The van der Waals surface area contributed by atoms with Crippen molar-refractivity contribution in [2.24, 2.45) is 40.4 Å². The fourth-order valence-electron chi connectivity index (χ4n) is 8.38. The second-order valence-electron chi connectivity index (χ2n) is 11.8. The number of ketones is 2. The highest BCUT2D eigenvalue weighted by molar-refractivity contribution is 6.18. The van der Waals surface area contributed by atoms with Crippen molar-refractivity contribution >= 4 is 29.1 Å². The molecule has 0 aliphatic heterocycles. The summed E-state index contributed by atoms with van der Waals surface area (Å²) < 4.78 is 5.66. The number of rotatable bonds is 7. The standard InChI is InChI=1S/C29H41ClO4/c1-5-6-7-8-27(33)34-17-19-13-22-24-10-9-23(18(2)31)28(24,3)12-11-25(22)29(4)20(16-30)14-21(32)15-26(19)29/h15,17,20,22-25H,5-14,16H2,1-4H3/t20?,22-,23+,24-,25-,28+,29+/m0/s1. The minimum absolute atomic E-state index is 0.0352. The molecule has 4 aliphatic carbocycles. The zero-order chi connectivity index (χ0) is 24.7. The Hall–Kier alpha value is -1.42. The van der Waals surface area contributed by atoms with Crippen LogP contribution in [-0.2, 0) is 19.1 Å². The van der Waals surface area contributed by atoms with Crippen molar-refractivity contribution in [2.45, 2.75) is 91.9 Å². The summed E-state index contributed by atoms with van der Waals surface area (Å²) in [5.74, 6) is 2.22. The predicted octanol–water partition coefficient (Wildman–Crippen LogP) is 6.81. The van der Waals surface area contributed by atoms with Crippen LogP contribution in [-0.4, -0.2) is 23.4 Å². The van der Waals surface area contributed by atoms with E-state index in [0.717, 1.165) is 62.5 Å². The van der Waals surface area contributed by atoms with E-state index >= 15 is 0 Å². The third kappa shape index (κ3) is 4.22. The minimum atomic E-state index is -0.214. The molecule has 7 atom stereocenters. The van der Waals surface area contributed by atoms with Crippen LogP contribution in [0.3, 0.4) is 0 Å². The molecule has 4 nitrogen and oxygen atoms in total. The topological polar surface area (TPSA) is 60.4 Å². The van der Waals surface area contributed by atoms with Crippen LogP contribution in [0.5, 0.6) is 0 Å². The lowest BCUT2D eigenvalue weighted by molar-refractivity contribution is -0.138. The monoisotopic (exact) mass is 488 g/mol. The van der Waals surface area contributed by atoms with Crippen molar-refractivity contribution in [3.8, 4) is 0 Å². The normalized spacial score (nSPS) is 40.3. The maximum atomic E-state index is 12.7. The van der Waals surface area contributed by atoms with Crippen molar-refractivity contribution in [2.75, 3.05) is 5.88 Å². The molecule has 0 amide bonds. The van der Waals surface area contributed by atoms with Gasteiger partial charge in [-0.1, -0.05) is 33.6 Å². The average molecular weight is 489 g/mol. The first-order chi connectivity index (χ1) is 16.2. The van der Waals surface area contributed by atoms with E-state index in [1.165, 1.54) is 0 Å². The van der Waals surface area contributed by atoms with Crippen LogP contribution in [0.2, 0.25) is 0 Å². The lowest BCUT2D eigenvalue weighted by Gasteiger charge is -2.60. The molecule has 0 aromatic rings. The van der Waals surface area contributed by atoms with E-state index in [0.29, 0.717) is 42.3 Å². The number of carbonyl (C=O) groups is 3. The molecule has 0 bridgehead atoms. The largest absolute Gasteiger partial charge is 0.434 e. The second kappa shape index (κ2) is 9.91. The molecule has 4 aliphatic rings. The number of ether oxygens (including phenoxy) is 1. The summed E-state index contributed by atoms with van der Waals surface area (Å²) in [7, 11) is 0. The molecule has 3 saturated carbocycles. The highest BCUT2D eigenvalue weighted by Crippen LogP contribution is 2.68. The Bertz CT molecular complexity index is 904. The molecular formula is C29H41ClO4. The highest BCUT2D eigenvalue weighted by atomic mass is 35.5. The predicted molar refractivity (Wildman–Crippen MR) is 134 cm³/mol. The molecule has 0 aromatic heterocycles. The molecule has 4 rings (SSSR count). The lowest BCUT2D eigenvalue weighted by Crippen LogP contribution is -2.54. The van der Waals surface area contributed by atoms with Crippen LogP contribution < -0.4 is 0 Å². The Morgan fingerprint density at radius 1 is 1.15 bits per heavy atom. The summed E-state index contributed by atoms with van der Waals surface area (Å²) in [4.78, 5) is 37.6. The zero-order valence-electron chi connectivity index (χ0n) is 21.3. The van der Waals surface area contributed by atoms with Crippen molar-refractivity contribution in [1.82, 2.24) is 0 Å². The lowest BCUT2D eigenvalue weighted by atomic mass is 9.44. The van der Waals surface area contributed by atoms with Crippen molar-refractivity contribution in [1.29, 1.82) is 0 Å². The number of Topliss-reactive ketones (excluding diaryl/α,β-unsaturated/α-hetero) is 1. The smallest absolute Gasteiger partial charge is 0.310 e. The SMILES string of the molecule is CCCCCC(=O)OC=C1C[C@H]2[C@@H]3CC[C@H](C(C)=O)[C@@]3(C)CC[C@@H]2[C@]2(C)C1=CC(=O)CC2CCl. The highest BCUT2D eigenvalue weighted by Gasteiger charge is 2.62. The fraction of sp³-hybridized carbons (Fsp3) is 0.759. The van der Waals surface area contributed by atoms with Crippen LogP contribution in [0.25, 0.3) is 0 Å². The van der Waals surface area contributed by atoms with Gasteiger partial charge in [0.25, 0.3) is 0 Å². The van der Waals surface area contributed by atoms with Crippen molar-refractivity contribution in [3.05, 3.63) is 23.5 Å². The maximum absolute atomic E-state index is 12.7. The molecule has 188 valence electrons. The zero-order valence-corrected chi connectivity index (χ0v) is 22.1. The average Bonchev–Trinajstić information content (AvgIpc) is 3.15. The summed E-state index contributed by atoms with van der Waals surface area (Å²) in [5, 5.41) is 0. The number of fused-ring (bicyclic) bond motifs is 5. The van der Waals surface area contributed by atoms with Crippen LogP contribution >= 0.6 is 11.6 Å².